The Kier molecular flexibility index (Phi) is 6.16. The minimum Gasteiger partial charge on any atom is -0.481 e. The summed E-state index contributed by atoms with van der Waals surface area (Å²) in [5, 5.41) is 11.9. The van der Waals surface area contributed by atoms with Gasteiger partial charge in [0, 0.05) is 13.0 Å². The van der Waals surface area contributed by atoms with E-state index in [2.05, 4.69) is 36.5 Å². The van der Waals surface area contributed by atoms with Gasteiger partial charge in [0.1, 0.15) is 0 Å². The van der Waals surface area contributed by atoms with E-state index < -0.39 is 11.5 Å². The van der Waals surface area contributed by atoms with Gasteiger partial charge in [0.15, 0.2) is 0 Å². The van der Waals surface area contributed by atoms with E-state index in [1.54, 1.807) is 0 Å². The molecule has 0 bridgehead atoms. The molecule has 1 aliphatic heterocycles. The lowest BCUT2D eigenvalue weighted by Crippen LogP contribution is -2.50. The topological polar surface area (TPSA) is 75.6 Å². The number of carbonyl (C=O) groups is 2. The molecule has 1 aromatic rings. The highest BCUT2D eigenvalue weighted by atomic mass is 16.5. The summed E-state index contributed by atoms with van der Waals surface area (Å²) in [7, 11) is 0. The summed E-state index contributed by atoms with van der Waals surface area (Å²) in [6, 6.07) is 8.43. The smallest absolute Gasteiger partial charge is 0.305 e. The van der Waals surface area contributed by atoms with Gasteiger partial charge in [0.05, 0.1) is 18.6 Å². The summed E-state index contributed by atoms with van der Waals surface area (Å²) in [6.07, 6.45) is 3.60. The molecule has 1 unspecified atom stereocenters. The number of carboxylic acids is 1. The van der Waals surface area contributed by atoms with Gasteiger partial charge in [0.25, 0.3) is 0 Å². The summed E-state index contributed by atoms with van der Waals surface area (Å²) >= 11 is 0. The summed E-state index contributed by atoms with van der Waals surface area (Å²) < 4.78 is 5.28. The van der Waals surface area contributed by atoms with Gasteiger partial charge in [-0.2, -0.15) is 0 Å². The van der Waals surface area contributed by atoms with E-state index in [0.29, 0.717) is 19.4 Å². The van der Waals surface area contributed by atoms with Gasteiger partial charge in [0.2, 0.25) is 5.91 Å². The number of unbranched alkanes of at least 4 members (excludes halogenated alkanes) is 1. The SMILES string of the molecule is Cc1ccc(CCCCC(=O)NC2(CC(=O)O)CCOC2)cc1. The lowest BCUT2D eigenvalue weighted by molar-refractivity contribution is -0.139. The molecule has 5 heteroatoms. The molecule has 0 spiro atoms. The second kappa shape index (κ2) is 8.11. The number of carboxylic acid groups (broad SMARTS) is 1. The number of carbonyl (C=O) groups excluding carboxylic acids is 1. The fourth-order valence-electron chi connectivity index (χ4n) is 2.91. The molecule has 1 fully saturated rings. The second-order valence-electron chi connectivity index (χ2n) is 6.39. The highest BCUT2D eigenvalue weighted by molar-refractivity contribution is 5.78. The van der Waals surface area contributed by atoms with E-state index in [4.69, 9.17) is 9.84 Å². The number of hydrogen-bond donors (Lipinski definition) is 2. The van der Waals surface area contributed by atoms with E-state index >= 15 is 0 Å². The number of ether oxygens (including phenoxy) is 1. The van der Waals surface area contributed by atoms with Crippen molar-refractivity contribution in [3.05, 3.63) is 35.4 Å². The Morgan fingerprint density at radius 3 is 2.61 bits per heavy atom. The molecule has 2 N–H and O–H groups in total. The third-order valence-corrected chi connectivity index (χ3v) is 4.24. The molecular formula is C18H25NO4. The maximum Gasteiger partial charge on any atom is 0.305 e. The maximum absolute atomic E-state index is 12.1. The third kappa shape index (κ3) is 5.67. The van der Waals surface area contributed by atoms with E-state index in [1.165, 1.54) is 11.1 Å². The Bertz CT molecular complexity index is 532. The van der Waals surface area contributed by atoms with Crippen LogP contribution in [0.2, 0.25) is 0 Å². The third-order valence-electron chi connectivity index (χ3n) is 4.24. The van der Waals surface area contributed by atoms with Gasteiger partial charge in [-0.05, 0) is 38.2 Å². The first-order chi connectivity index (χ1) is 11.0. The second-order valence-corrected chi connectivity index (χ2v) is 6.39. The quantitative estimate of drug-likeness (QED) is 0.722. The summed E-state index contributed by atoms with van der Waals surface area (Å²) in [5.74, 6) is -0.990. The molecule has 126 valence electrons. The van der Waals surface area contributed by atoms with Gasteiger partial charge >= 0.3 is 5.97 Å². The molecular weight excluding hydrogens is 294 g/mol. The maximum atomic E-state index is 12.1. The van der Waals surface area contributed by atoms with Gasteiger partial charge in [-0.1, -0.05) is 29.8 Å². The number of nitrogens with one attached hydrogen (secondary N) is 1. The Balaban J connectivity index is 1.71. The van der Waals surface area contributed by atoms with E-state index in [9.17, 15) is 9.59 Å². The number of benzene rings is 1. The molecule has 0 aromatic heterocycles. The number of aryl methyl sites for hydroxylation is 2. The van der Waals surface area contributed by atoms with Crippen molar-refractivity contribution < 1.29 is 19.4 Å². The van der Waals surface area contributed by atoms with Crippen molar-refractivity contribution in [3.8, 4) is 0 Å². The lowest BCUT2D eigenvalue weighted by atomic mass is 9.94. The predicted molar refractivity (Wildman–Crippen MR) is 87.3 cm³/mol. The molecule has 0 saturated carbocycles. The highest BCUT2D eigenvalue weighted by Crippen LogP contribution is 2.23. The fourth-order valence-corrected chi connectivity index (χ4v) is 2.91. The molecule has 2 rings (SSSR count). The molecule has 5 nitrogen and oxygen atoms in total. The average molecular weight is 319 g/mol. The molecule has 1 saturated heterocycles. The first-order valence-electron chi connectivity index (χ1n) is 8.15. The lowest BCUT2D eigenvalue weighted by Gasteiger charge is -2.27. The number of rotatable bonds is 8. The van der Waals surface area contributed by atoms with Crippen LogP contribution in [0.5, 0.6) is 0 Å². The van der Waals surface area contributed by atoms with Crippen LogP contribution in [0.4, 0.5) is 0 Å². The minimum absolute atomic E-state index is 0.0812. The summed E-state index contributed by atoms with van der Waals surface area (Å²) in [6.45, 7) is 2.85. The molecule has 1 amide bonds. The summed E-state index contributed by atoms with van der Waals surface area (Å²) in [5.41, 5.74) is 1.80. The van der Waals surface area contributed by atoms with Crippen LogP contribution < -0.4 is 5.32 Å². The average Bonchev–Trinajstić information content (AvgIpc) is 2.92. The standard InChI is InChI=1S/C18H25NO4/c1-14-6-8-15(9-7-14)4-2-3-5-16(20)19-18(12-17(21)22)10-11-23-13-18/h6-9H,2-5,10-13H2,1H3,(H,19,20)(H,21,22). The molecule has 1 heterocycles. The molecule has 1 aromatic carbocycles. The van der Waals surface area contributed by atoms with Crippen LogP contribution in [-0.2, 0) is 20.7 Å². The molecule has 1 atom stereocenters. The van der Waals surface area contributed by atoms with Gasteiger partial charge in [-0.25, -0.2) is 0 Å². The highest BCUT2D eigenvalue weighted by Gasteiger charge is 2.38. The van der Waals surface area contributed by atoms with Crippen molar-refractivity contribution in [1.29, 1.82) is 0 Å². The van der Waals surface area contributed by atoms with E-state index in [0.717, 1.165) is 19.3 Å². The number of amides is 1. The first kappa shape index (κ1) is 17.5. The zero-order valence-electron chi connectivity index (χ0n) is 13.6. The predicted octanol–water partition coefficient (Wildman–Crippen LogP) is 2.46. The zero-order valence-corrected chi connectivity index (χ0v) is 13.6. The molecule has 1 aliphatic rings. The normalized spacial score (nSPS) is 20.4. The van der Waals surface area contributed by atoms with Crippen molar-refractivity contribution in [2.75, 3.05) is 13.2 Å². The van der Waals surface area contributed by atoms with Crippen molar-refractivity contribution in [2.24, 2.45) is 0 Å². The molecule has 0 radical (unpaired) electrons. The first-order valence-corrected chi connectivity index (χ1v) is 8.15. The molecule has 23 heavy (non-hydrogen) atoms. The van der Waals surface area contributed by atoms with Gasteiger partial charge in [-0.15, -0.1) is 0 Å². The molecule has 0 aliphatic carbocycles. The van der Waals surface area contributed by atoms with Crippen LogP contribution in [0.15, 0.2) is 24.3 Å². The Labute approximate surface area is 137 Å². The van der Waals surface area contributed by atoms with Gasteiger partial charge in [-0.3, -0.25) is 9.59 Å². The van der Waals surface area contributed by atoms with Crippen LogP contribution in [0.3, 0.4) is 0 Å². The van der Waals surface area contributed by atoms with Crippen molar-refractivity contribution >= 4 is 11.9 Å². The Morgan fingerprint density at radius 2 is 2.00 bits per heavy atom. The Hall–Kier alpha value is -1.88. The Morgan fingerprint density at radius 1 is 1.26 bits per heavy atom. The fraction of sp³-hybridized carbons (Fsp3) is 0.556. The monoisotopic (exact) mass is 319 g/mol. The van der Waals surface area contributed by atoms with Crippen LogP contribution >= 0.6 is 0 Å². The van der Waals surface area contributed by atoms with Crippen LogP contribution in [0, 0.1) is 6.92 Å². The van der Waals surface area contributed by atoms with E-state index in [-0.39, 0.29) is 18.9 Å². The van der Waals surface area contributed by atoms with Crippen molar-refractivity contribution in [3.63, 3.8) is 0 Å². The van der Waals surface area contributed by atoms with Crippen molar-refractivity contribution in [1.82, 2.24) is 5.32 Å². The minimum atomic E-state index is -0.907. The largest absolute Gasteiger partial charge is 0.481 e. The summed E-state index contributed by atoms with van der Waals surface area (Å²) in [4.78, 5) is 23.1. The van der Waals surface area contributed by atoms with Gasteiger partial charge < -0.3 is 15.2 Å². The van der Waals surface area contributed by atoms with Crippen LogP contribution in [0.1, 0.15) is 43.2 Å². The van der Waals surface area contributed by atoms with Crippen molar-refractivity contribution in [2.45, 2.75) is 51.0 Å². The van der Waals surface area contributed by atoms with Crippen LogP contribution in [-0.4, -0.2) is 35.7 Å². The van der Waals surface area contributed by atoms with Crippen LogP contribution in [0.25, 0.3) is 0 Å². The van der Waals surface area contributed by atoms with E-state index in [1.807, 2.05) is 0 Å². The number of aliphatic carboxylic acids is 1. The zero-order chi connectivity index (χ0) is 16.7. The number of hydrogen-bond acceptors (Lipinski definition) is 3.